The lowest BCUT2D eigenvalue weighted by molar-refractivity contribution is -0.116. The second-order valence-electron chi connectivity index (χ2n) is 9.96. The Morgan fingerprint density at radius 3 is 2.26 bits per heavy atom. The first-order valence-corrected chi connectivity index (χ1v) is 13.1. The van der Waals surface area contributed by atoms with E-state index in [2.05, 4.69) is 52.9 Å². The molecule has 0 spiro atoms. The molecule has 0 saturated heterocycles. The van der Waals surface area contributed by atoms with Gasteiger partial charge in [-0.05, 0) is 95.2 Å². The topological polar surface area (TPSA) is 47.6 Å². The van der Waals surface area contributed by atoms with Gasteiger partial charge in [-0.15, -0.1) is 0 Å². The minimum atomic E-state index is -0.262. The minimum Gasteiger partial charge on any atom is -0.488 e. The number of amides is 1. The van der Waals surface area contributed by atoms with Gasteiger partial charge >= 0.3 is 0 Å². The lowest BCUT2D eigenvalue weighted by Gasteiger charge is -2.29. The van der Waals surface area contributed by atoms with Crippen LogP contribution in [0.25, 0.3) is 6.08 Å². The van der Waals surface area contributed by atoms with Crippen LogP contribution >= 0.6 is 23.2 Å². The molecule has 6 heteroatoms. The Balaban J connectivity index is 1.91. The van der Waals surface area contributed by atoms with E-state index in [9.17, 15) is 4.79 Å². The van der Waals surface area contributed by atoms with Crippen LogP contribution in [0.5, 0.6) is 11.5 Å². The molecule has 0 aliphatic heterocycles. The maximum absolute atomic E-state index is 12.1. The average Bonchev–Trinajstić information content (AvgIpc) is 2.80. The summed E-state index contributed by atoms with van der Waals surface area (Å²) in [6.07, 6.45) is 7.71. The number of aryl methyl sites for hydroxylation is 1. The number of unbranched alkanes of at least 4 members (excludes halogenated alkanes) is 1. The van der Waals surface area contributed by atoms with Crippen molar-refractivity contribution in [3.8, 4) is 11.5 Å². The first kappa shape index (κ1) is 29.1. The molecule has 0 unspecified atom stereocenters. The third-order valence-corrected chi connectivity index (χ3v) is 6.80. The quantitative estimate of drug-likeness (QED) is 0.214. The molecule has 0 heterocycles. The van der Waals surface area contributed by atoms with Gasteiger partial charge in [-0.1, -0.05) is 49.2 Å². The van der Waals surface area contributed by atoms with Gasteiger partial charge in [0, 0.05) is 18.7 Å². The van der Waals surface area contributed by atoms with Crippen LogP contribution in [0.4, 0.5) is 0 Å². The molecule has 192 valence electrons. The molecule has 0 aliphatic carbocycles. The third kappa shape index (κ3) is 10.1. The number of benzene rings is 2. The Morgan fingerprint density at radius 1 is 0.914 bits per heavy atom. The highest BCUT2D eigenvalue weighted by Crippen LogP contribution is 2.32. The summed E-state index contributed by atoms with van der Waals surface area (Å²) >= 11 is 11.9. The fourth-order valence-corrected chi connectivity index (χ4v) is 3.47. The highest BCUT2D eigenvalue weighted by Gasteiger charge is 2.21. The van der Waals surface area contributed by atoms with Crippen molar-refractivity contribution in [2.24, 2.45) is 0 Å². The number of carbonyl (C=O) groups is 1. The number of halogens is 2. The predicted molar refractivity (Wildman–Crippen MR) is 148 cm³/mol. The highest BCUT2D eigenvalue weighted by atomic mass is 35.5. The van der Waals surface area contributed by atoms with Gasteiger partial charge in [-0.3, -0.25) is 4.79 Å². The molecule has 35 heavy (non-hydrogen) atoms. The highest BCUT2D eigenvalue weighted by molar-refractivity contribution is 6.42. The lowest BCUT2D eigenvalue weighted by atomic mass is 10.0. The van der Waals surface area contributed by atoms with Crippen LogP contribution in [0.2, 0.25) is 10.0 Å². The Labute approximate surface area is 221 Å². The Bertz CT molecular complexity index is 1010. The van der Waals surface area contributed by atoms with Crippen molar-refractivity contribution >= 4 is 35.2 Å². The molecule has 0 radical (unpaired) electrons. The fourth-order valence-electron chi connectivity index (χ4n) is 3.16. The predicted octanol–water partition coefficient (Wildman–Crippen LogP) is 8.28. The van der Waals surface area contributed by atoms with Crippen LogP contribution in [0, 0.1) is 0 Å². The average molecular weight is 521 g/mol. The maximum Gasteiger partial charge on any atom is 0.243 e. The summed E-state index contributed by atoms with van der Waals surface area (Å²) in [4.78, 5) is 12.1. The molecule has 0 aliphatic rings. The van der Waals surface area contributed by atoms with Gasteiger partial charge in [-0.25, -0.2) is 0 Å². The molecule has 1 N–H and O–H groups in total. The third-order valence-electron chi connectivity index (χ3n) is 6.06. The van der Waals surface area contributed by atoms with E-state index in [0.29, 0.717) is 16.6 Å². The van der Waals surface area contributed by atoms with E-state index in [4.69, 9.17) is 32.7 Å². The van der Waals surface area contributed by atoms with E-state index in [1.807, 2.05) is 18.2 Å². The molecule has 1 amide bonds. The minimum absolute atomic E-state index is 0.134. The van der Waals surface area contributed by atoms with Crippen molar-refractivity contribution in [1.29, 1.82) is 0 Å². The number of ether oxygens (including phenoxy) is 2. The van der Waals surface area contributed by atoms with Gasteiger partial charge < -0.3 is 14.8 Å². The van der Waals surface area contributed by atoms with Crippen LogP contribution in [0.1, 0.15) is 78.4 Å². The molecule has 0 fully saturated rings. The molecule has 2 aromatic carbocycles. The number of hydrogen-bond acceptors (Lipinski definition) is 3. The molecule has 0 bridgehead atoms. The SMILES string of the molecule is CCC(C)(C)Oc1ccc(CCCCNC(=O)C=Cc2ccc(Cl)c(Cl)c2)c(OC(C)(C)CC)c1. The number of hydrogen-bond donors (Lipinski definition) is 1. The first-order valence-electron chi connectivity index (χ1n) is 12.4. The Hall–Kier alpha value is -2.17. The van der Waals surface area contributed by atoms with E-state index in [0.717, 1.165) is 54.7 Å². The van der Waals surface area contributed by atoms with Crippen LogP contribution in [-0.2, 0) is 11.2 Å². The Kier molecular flexibility index (Phi) is 11.0. The lowest BCUT2D eigenvalue weighted by Crippen LogP contribution is -2.28. The summed E-state index contributed by atoms with van der Waals surface area (Å²) in [5, 5.41) is 3.89. The van der Waals surface area contributed by atoms with Crippen molar-refractivity contribution < 1.29 is 14.3 Å². The van der Waals surface area contributed by atoms with E-state index >= 15 is 0 Å². The second kappa shape index (κ2) is 13.2. The van der Waals surface area contributed by atoms with Gasteiger partial charge in [0.15, 0.2) is 0 Å². The van der Waals surface area contributed by atoms with E-state index in [1.165, 1.54) is 6.08 Å². The smallest absolute Gasteiger partial charge is 0.243 e. The van der Waals surface area contributed by atoms with Crippen molar-refractivity contribution in [3.05, 3.63) is 63.6 Å². The van der Waals surface area contributed by atoms with Gasteiger partial charge in [-0.2, -0.15) is 0 Å². The molecule has 2 rings (SSSR count). The number of rotatable bonds is 13. The fraction of sp³-hybridized carbons (Fsp3) is 0.483. The summed E-state index contributed by atoms with van der Waals surface area (Å²) in [6, 6.07) is 11.4. The first-order chi connectivity index (χ1) is 16.4. The largest absolute Gasteiger partial charge is 0.488 e. The van der Waals surface area contributed by atoms with Crippen molar-refractivity contribution in [3.63, 3.8) is 0 Å². The summed E-state index contributed by atoms with van der Waals surface area (Å²) < 4.78 is 12.6. The van der Waals surface area contributed by atoms with Crippen molar-refractivity contribution in [2.45, 2.75) is 84.8 Å². The van der Waals surface area contributed by atoms with E-state index < -0.39 is 0 Å². The normalized spacial score (nSPS) is 12.1. The molecule has 0 aromatic heterocycles. The van der Waals surface area contributed by atoms with Crippen LogP contribution in [0.3, 0.4) is 0 Å². The van der Waals surface area contributed by atoms with Gasteiger partial charge in [0.05, 0.1) is 10.0 Å². The van der Waals surface area contributed by atoms with E-state index in [-0.39, 0.29) is 17.1 Å². The summed E-state index contributed by atoms with van der Waals surface area (Å²) in [6.45, 7) is 13.2. The second-order valence-corrected chi connectivity index (χ2v) is 10.8. The zero-order chi connectivity index (χ0) is 26.1. The monoisotopic (exact) mass is 519 g/mol. The number of nitrogens with one attached hydrogen (secondary N) is 1. The molecule has 4 nitrogen and oxygen atoms in total. The zero-order valence-electron chi connectivity index (χ0n) is 21.8. The van der Waals surface area contributed by atoms with Crippen molar-refractivity contribution in [2.75, 3.05) is 6.54 Å². The molecule has 0 atom stereocenters. The van der Waals surface area contributed by atoms with Gasteiger partial charge in [0.25, 0.3) is 0 Å². The van der Waals surface area contributed by atoms with Crippen molar-refractivity contribution in [1.82, 2.24) is 5.32 Å². The Morgan fingerprint density at radius 2 is 1.60 bits per heavy atom. The van der Waals surface area contributed by atoms with Crippen LogP contribution < -0.4 is 14.8 Å². The molecule has 2 aromatic rings. The van der Waals surface area contributed by atoms with Gasteiger partial charge in [0.2, 0.25) is 5.91 Å². The van der Waals surface area contributed by atoms with Crippen LogP contribution in [0.15, 0.2) is 42.5 Å². The number of carbonyl (C=O) groups excluding carboxylic acids is 1. The molecule has 0 saturated carbocycles. The molecular weight excluding hydrogens is 481 g/mol. The summed E-state index contributed by atoms with van der Waals surface area (Å²) in [5.74, 6) is 1.56. The summed E-state index contributed by atoms with van der Waals surface area (Å²) in [7, 11) is 0. The van der Waals surface area contributed by atoms with Gasteiger partial charge in [0.1, 0.15) is 22.7 Å². The maximum atomic E-state index is 12.1. The standard InChI is InChI=1S/C29H39Cl2NO3/c1-7-28(3,4)34-23-15-14-22(26(20-23)35-29(5,6)8-2)11-9-10-18-32-27(33)17-13-21-12-16-24(30)25(31)19-21/h12-17,19-20H,7-11,18H2,1-6H3,(H,32,33). The van der Waals surface area contributed by atoms with E-state index in [1.54, 1.807) is 18.2 Å². The summed E-state index contributed by atoms with van der Waals surface area (Å²) in [5.41, 5.74) is 1.49. The zero-order valence-corrected chi connectivity index (χ0v) is 23.4. The molecular formula is C29H39Cl2NO3. The van der Waals surface area contributed by atoms with Crippen LogP contribution in [-0.4, -0.2) is 23.7 Å².